The van der Waals surface area contributed by atoms with Crippen molar-refractivity contribution in [3.63, 3.8) is 0 Å². The number of anilines is 1. The molecule has 1 aliphatic carbocycles. The summed E-state index contributed by atoms with van der Waals surface area (Å²) in [6.07, 6.45) is -15.0. The van der Waals surface area contributed by atoms with Crippen LogP contribution in [0.1, 0.15) is 63.4 Å². The van der Waals surface area contributed by atoms with Crippen molar-refractivity contribution in [2.45, 2.75) is 50.3 Å². The molecule has 0 radical (unpaired) electrons. The fraction of sp³-hybridized carbons (Fsp3) is 0.324. The summed E-state index contributed by atoms with van der Waals surface area (Å²) in [5.41, 5.74) is -4.18. The number of amides is 1. The van der Waals surface area contributed by atoms with E-state index >= 15 is 0 Å². The molecule has 318 valence electrons. The Labute approximate surface area is 350 Å². The number of aromatic nitrogens is 3. The number of nitrogens with zero attached hydrogens (tertiary/aromatic N) is 7. The van der Waals surface area contributed by atoms with Crippen molar-refractivity contribution in [2.24, 2.45) is 5.92 Å². The van der Waals surface area contributed by atoms with Crippen molar-refractivity contribution >= 4 is 46.4 Å². The number of pyridine rings is 3. The van der Waals surface area contributed by atoms with Crippen LogP contribution in [-0.4, -0.2) is 53.3 Å². The van der Waals surface area contributed by atoms with Gasteiger partial charge >= 0.3 is 18.5 Å². The van der Waals surface area contributed by atoms with Gasteiger partial charge < -0.3 is 19.5 Å². The molecular formula is C37H27Cl3F9N7O4. The monoisotopic (exact) mass is 909 g/mol. The molecule has 0 aliphatic heterocycles. The standard InChI is InChI=1S/C22H22F3N3O3.C8H4ClF3N2O.C7HCl2F3N2/c1-12-5-4-6-13(7-12)28(2)21(30)16-9-14(29)8-15(16)20-17(11-26)18(22(23,24)25)10-19(27-20)31-3;1-15-6-2-5(8(10,11)12)4(3-13)7(9)14-6;8-5-1-4(7(10,11)12)3(2-13)6(9)14-5/h4-7,10,14-16,29H,8-9H2,1-3H3;2H,1H3;1H/t14-,15?,16?;;/m1../s1. The highest BCUT2D eigenvalue weighted by Gasteiger charge is 2.45. The lowest BCUT2D eigenvalue weighted by Gasteiger charge is -2.26. The van der Waals surface area contributed by atoms with Crippen LogP contribution in [0.3, 0.4) is 0 Å². The first-order chi connectivity index (χ1) is 27.8. The first kappa shape index (κ1) is 48.8. The van der Waals surface area contributed by atoms with Crippen molar-refractivity contribution in [1.29, 1.82) is 15.8 Å². The summed E-state index contributed by atoms with van der Waals surface area (Å²) >= 11 is 16.0. The number of halogens is 12. The smallest absolute Gasteiger partial charge is 0.417 e. The van der Waals surface area contributed by atoms with E-state index in [0.717, 1.165) is 12.7 Å². The van der Waals surface area contributed by atoms with Gasteiger partial charge in [0.15, 0.2) is 5.15 Å². The Morgan fingerprint density at radius 2 is 1.22 bits per heavy atom. The molecule has 1 saturated carbocycles. The highest BCUT2D eigenvalue weighted by atomic mass is 35.5. The molecule has 3 heterocycles. The van der Waals surface area contributed by atoms with Crippen LogP contribution in [0.25, 0.3) is 0 Å². The SMILES string of the molecule is COc1cc(C(F)(F)F)c(C#N)c(C2C[C@@H](O)CC2C(=O)N(C)c2cccc(C)c2)n1.COc1cc(C(F)(F)F)c(C#N)c(Cl)n1.N#Cc1c(C(F)(F)F)cc(Cl)nc1Cl. The first-order valence-electron chi connectivity index (χ1n) is 16.5. The normalized spacial score (nSPS) is 16.1. The summed E-state index contributed by atoms with van der Waals surface area (Å²) in [4.78, 5) is 25.6. The molecule has 0 spiro atoms. The number of aryl methyl sites for hydroxylation is 1. The highest BCUT2D eigenvalue weighted by Crippen LogP contribution is 2.45. The van der Waals surface area contributed by atoms with E-state index in [-0.39, 0.29) is 36.2 Å². The van der Waals surface area contributed by atoms with Crippen LogP contribution in [0.4, 0.5) is 45.2 Å². The third-order valence-electron chi connectivity index (χ3n) is 8.52. The quantitative estimate of drug-likeness (QED) is 0.150. The van der Waals surface area contributed by atoms with Gasteiger partial charge in [-0.3, -0.25) is 4.79 Å². The summed E-state index contributed by atoms with van der Waals surface area (Å²) in [5, 5.41) is 35.2. The van der Waals surface area contributed by atoms with Crippen LogP contribution in [0, 0.1) is 46.8 Å². The van der Waals surface area contributed by atoms with Crippen molar-refractivity contribution in [1.82, 2.24) is 15.0 Å². The Morgan fingerprint density at radius 1 is 0.750 bits per heavy atom. The number of rotatable bonds is 5. The predicted molar refractivity (Wildman–Crippen MR) is 196 cm³/mol. The molecule has 0 saturated heterocycles. The minimum Gasteiger partial charge on any atom is -0.481 e. The number of carbonyl (C=O) groups is 1. The minimum absolute atomic E-state index is 0.0181. The van der Waals surface area contributed by atoms with Gasteiger partial charge in [0, 0.05) is 36.7 Å². The van der Waals surface area contributed by atoms with E-state index in [1.165, 1.54) is 24.1 Å². The van der Waals surface area contributed by atoms with E-state index in [0.29, 0.717) is 23.9 Å². The second-order valence-corrected chi connectivity index (χ2v) is 13.5. The van der Waals surface area contributed by atoms with Gasteiger partial charge in [-0.25, -0.2) is 15.0 Å². The Kier molecular flexibility index (Phi) is 16.0. The zero-order valence-electron chi connectivity index (χ0n) is 31.0. The summed E-state index contributed by atoms with van der Waals surface area (Å²) in [7, 11) is 3.91. The highest BCUT2D eigenvalue weighted by molar-refractivity contribution is 6.33. The topological polar surface area (TPSA) is 169 Å². The largest absolute Gasteiger partial charge is 0.481 e. The van der Waals surface area contributed by atoms with Crippen LogP contribution in [0.2, 0.25) is 15.5 Å². The van der Waals surface area contributed by atoms with Gasteiger partial charge in [0.2, 0.25) is 17.7 Å². The van der Waals surface area contributed by atoms with E-state index < -0.39 is 85.3 Å². The Morgan fingerprint density at radius 3 is 1.68 bits per heavy atom. The maximum absolute atomic E-state index is 13.6. The lowest BCUT2D eigenvalue weighted by molar-refractivity contribution is -0.138. The first-order valence-corrected chi connectivity index (χ1v) is 17.6. The predicted octanol–water partition coefficient (Wildman–Crippen LogP) is 9.72. The van der Waals surface area contributed by atoms with Crippen molar-refractivity contribution in [3.8, 4) is 30.0 Å². The summed E-state index contributed by atoms with van der Waals surface area (Å²) in [5.74, 6) is -2.66. The van der Waals surface area contributed by atoms with Crippen LogP contribution in [-0.2, 0) is 23.3 Å². The summed E-state index contributed by atoms with van der Waals surface area (Å²) < 4.78 is 124. The molecule has 3 atom stereocenters. The zero-order valence-corrected chi connectivity index (χ0v) is 33.3. The third-order valence-corrected chi connectivity index (χ3v) is 9.26. The maximum Gasteiger partial charge on any atom is 0.417 e. The molecule has 60 heavy (non-hydrogen) atoms. The van der Waals surface area contributed by atoms with Crippen molar-refractivity contribution in [2.75, 3.05) is 26.2 Å². The third kappa shape index (κ3) is 11.8. The van der Waals surface area contributed by atoms with Gasteiger partial charge in [0.1, 0.15) is 39.6 Å². The van der Waals surface area contributed by atoms with E-state index in [9.17, 15) is 54.7 Å². The Balaban J connectivity index is 0.000000275. The number of benzene rings is 1. The molecule has 11 nitrogen and oxygen atoms in total. The number of carbonyl (C=O) groups excluding carboxylic acids is 1. The number of ether oxygens (including phenoxy) is 2. The second-order valence-electron chi connectivity index (χ2n) is 12.4. The molecular weight excluding hydrogens is 884 g/mol. The van der Waals surface area contributed by atoms with Crippen LogP contribution < -0.4 is 14.4 Å². The average molecular weight is 911 g/mol. The average Bonchev–Trinajstić information content (AvgIpc) is 3.56. The summed E-state index contributed by atoms with van der Waals surface area (Å²) in [6, 6.07) is 13.4. The zero-order chi connectivity index (χ0) is 45.5. The lowest BCUT2D eigenvalue weighted by Crippen LogP contribution is -2.34. The lowest BCUT2D eigenvalue weighted by atomic mass is 9.87. The molecule has 23 heteroatoms. The molecule has 1 aromatic carbocycles. The minimum atomic E-state index is -4.80. The second kappa shape index (κ2) is 19.6. The summed E-state index contributed by atoms with van der Waals surface area (Å²) in [6.45, 7) is 1.88. The number of aliphatic hydroxyl groups excluding tert-OH is 1. The molecule has 1 fully saturated rings. The fourth-order valence-electron chi connectivity index (χ4n) is 5.79. The van der Waals surface area contributed by atoms with Gasteiger partial charge in [0.05, 0.1) is 48.3 Å². The number of nitriles is 3. The van der Waals surface area contributed by atoms with E-state index in [1.54, 1.807) is 25.2 Å². The number of hydrogen-bond acceptors (Lipinski definition) is 10. The maximum atomic E-state index is 13.6. The molecule has 4 aromatic rings. The molecule has 1 N–H and O–H groups in total. The number of methoxy groups -OCH3 is 2. The molecule has 5 rings (SSSR count). The number of aliphatic hydroxyl groups is 1. The Hall–Kier alpha value is -5.59. The number of alkyl halides is 9. The molecule has 1 amide bonds. The van der Waals surface area contributed by atoms with Gasteiger partial charge in [-0.2, -0.15) is 55.3 Å². The molecule has 1 aliphatic rings. The van der Waals surface area contributed by atoms with Crippen molar-refractivity contribution in [3.05, 3.63) is 103 Å². The van der Waals surface area contributed by atoms with E-state index in [4.69, 9.17) is 50.1 Å². The van der Waals surface area contributed by atoms with Crippen LogP contribution >= 0.6 is 34.8 Å². The number of hydrogen-bond donors (Lipinski definition) is 1. The van der Waals surface area contributed by atoms with Gasteiger partial charge in [-0.1, -0.05) is 46.9 Å². The van der Waals surface area contributed by atoms with Gasteiger partial charge in [0.25, 0.3) is 0 Å². The van der Waals surface area contributed by atoms with Gasteiger partial charge in [-0.15, -0.1) is 0 Å². The Bertz CT molecular complexity index is 2360. The van der Waals surface area contributed by atoms with E-state index in [1.807, 2.05) is 19.1 Å². The van der Waals surface area contributed by atoms with Crippen molar-refractivity contribution < 1.29 is 58.9 Å². The van der Waals surface area contributed by atoms with Gasteiger partial charge in [-0.05, 0) is 43.5 Å². The fourth-order valence-corrected chi connectivity index (χ4v) is 6.49. The van der Waals surface area contributed by atoms with Crippen LogP contribution in [0.5, 0.6) is 11.8 Å². The molecule has 2 unspecified atom stereocenters. The van der Waals surface area contributed by atoms with E-state index in [2.05, 4.69) is 19.7 Å². The molecule has 0 bridgehead atoms. The van der Waals surface area contributed by atoms with Crippen LogP contribution in [0.15, 0.2) is 42.5 Å². The molecule has 3 aromatic heterocycles.